The molecule has 1 aromatic rings. The maximum absolute atomic E-state index is 12.8. The van der Waals surface area contributed by atoms with E-state index in [4.69, 9.17) is 4.74 Å². The van der Waals surface area contributed by atoms with Gasteiger partial charge in [0.25, 0.3) is 6.43 Å². The zero-order chi connectivity index (χ0) is 17.0. The smallest absolute Gasteiger partial charge is 0.256 e. The van der Waals surface area contributed by atoms with Crippen molar-refractivity contribution in [2.75, 3.05) is 18.7 Å². The first-order valence-electron chi connectivity index (χ1n) is 6.79. The van der Waals surface area contributed by atoms with Crippen LogP contribution in [0.25, 0.3) is 5.70 Å². The molecule has 1 aliphatic rings. The Morgan fingerprint density at radius 1 is 1.48 bits per heavy atom. The minimum absolute atomic E-state index is 0.350. The molecule has 3 nitrogen and oxygen atoms in total. The fourth-order valence-electron chi connectivity index (χ4n) is 2.22. The van der Waals surface area contributed by atoms with Crippen LogP contribution in [0.5, 0.6) is 5.75 Å². The van der Waals surface area contributed by atoms with Crippen molar-refractivity contribution in [3.8, 4) is 5.75 Å². The number of hydrogen-bond donors (Lipinski definition) is 0. The van der Waals surface area contributed by atoms with E-state index in [0.29, 0.717) is 33.8 Å². The van der Waals surface area contributed by atoms with Crippen molar-refractivity contribution in [2.24, 2.45) is 0 Å². The highest BCUT2D eigenvalue weighted by atomic mass is 79.9. The van der Waals surface area contributed by atoms with Gasteiger partial charge in [-0.25, -0.2) is 8.78 Å². The third kappa shape index (κ3) is 4.70. The van der Waals surface area contributed by atoms with E-state index in [9.17, 15) is 13.6 Å². The Morgan fingerprint density at radius 3 is 2.83 bits per heavy atom. The monoisotopic (exact) mass is 469 g/mol. The normalized spacial score (nSPS) is 18.3. The van der Waals surface area contributed by atoms with Crippen LogP contribution in [0.15, 0.2) is 28.7 Å². The lowest BCUT2D eigenvalue weighted by Gasteiger charge is -2.31. The van der Waals surface area contributed by atoms with E-state index in [2.05, 4.69) is 31.9 Å². The fraction of sp³-hybridized carbons (Fsp3) is 0.400. The summed E-state index contributed by atoms with van der Waals surface area (Å²) in [6, 6.07) is 5.31. The van der Waals surface area contributed by atoms with Crippen molar-refractivity contribution in [2.45, 2.75) is 17.7 Å². The highest BCUT2D eigenvalue weighted by Gasteiger charge is 2.31. The Morgan fingerprint density at radius 2 is 2.22 bits per heavy atom. The number of allylic oxidation sites excluding steroid dienone is 1. The molecule has 0 saturated carbocycles. The molecule has 1 amide bonds. The topological polar surface area (TPSA) is 29.5 Å². The number of hydrogen-bond acceptors (Lipinski definition) is 3. The number of carbonyl (C=O) groups is 1. The predicted octanol–water partition coefficient (Wildman–Crippen LogP) is 4.75. The minimum Gasteiger partial charge on any atom is -0.483 e. The molecule has 0 aromatic heterocycles. The van der Waals surface area contributed by atoms with Gasteiger partial charge in [-0.05, 0) is 46.8 Å². The van der Waals surface area contributed by atoms with Gasteiger partial charge in [0.1, 0.15) is 11.7 Å². The minimum atomic E-state index is -2.59. The molecule has 0 spiro atoms. The van der Waals surface area contributed by atoms with Crippen LogP contribution < -0.4 is 4.74 Å². The first kappa shape index (κ1) is 18.7. The summed E-state index contributed by atoms with van der Waals surface area (Å²) in [5, 5.41) is 0. The van der Waals surface area contributed by atoms with Crippen LogP contribution >= 0.6 is 43.6 Å². The molecule has 126 valence electrons. The second kappa shape index (κ2) is 8.48. The standard InChI is InChI=1S/C15H15Br2F2NO2S/c1-23-8-22-9-2-3-10(12(17)6-9)13-5-4-11(16)15(21)20(13)7-14(18)19/h2-3,5-6,11,14H,4,7-8H2,1H3. The molecule has 1 heterocycles. The number of thioether (sulfide) groups is 1. The van der Waals surface area contributed by atoms with Gasteiger partial charge in [-0.1, -0.05) is 22.0 Å². The van der Waals surface area contributed by atoms with E-state index in [1.807, 2.05) is 6.26 Å². The zero-order valence-electron chi connectivity index (χ0n) is 12.3. The summed E-state index contributed by atoms with van der Waals surface area (Å²) in [7, 11) is 0. The third-order valence-corrected chi connectivity index (χ3v) is 5.00. The molecule has 1 unspecified atom stereocenters. The van der Waals surface area contributed by atoms with E-state index >= 15 is 0 Å². The molecule has 0 N–H and O–H groups in total. The van der Waals surface area contributed by atoms with Crippen LogP contribution in [-0.4, -0.2) is 40.8 Å². The predicted molar refractivity (Wildman–Crippen MR) is 96.2 cm³/mol. The summed E-state index contributed by atoms with van der Waals surface area (Å²) in [6.45, 7) is -0.621. The number of rotatable bonds is 6. The number of benzene rings is 1. The second-order valence-electron chi connectivity index (χ2n) is 4.83. The van der Waals surface area contributed by atoms with E-state index < -0.39 is 17.8 Å². The highest BCUT2D eigenvalue weighted by molar-refractivity contribution is 9.10. The molecule has 1 aromatic carbocycles. The van der Waals surface area contributed by atoms with Crippen molar-refractivity contribution in [1.82, 2.24) is 4.90 Å². The molecule has 0 fully saturated rings. The fourth-order valence-corrected chi connectivity index (χ4v) is 3.46. The van der Waals surface area contributed by atoms with Gasteiger partial charge in [-0.3, -0.25) is 4.79 Å². The van der Waals surface area contributed by atoms with E-state index in [1.54, 1.807) is 36.0 Å². The second-order valence-corrected chi connectivity index (χ2v) is 7.60. The van der Waals surface area contributed by atoms with Crippen molar-refractivity contribution >= 4 is 55.2 Å². The third-order valence-electron chi connectivity index (χ3n) is 3.22. The van der Waals surface area contributed by atoms with Crippen molar-refractivity contribution in [1.29, 1.82) is 0 Å². The molecular formula is C15H15Br2F2NO2S. The maximum Gasteiger partial charge on any atom is 0.256 e. The van der Waals surface area contributed by atoms with Crippen LogP contribution in [0.2, 0.25) is 0 Å². The zero-order valence-corrected chi connectivity index (χ0v) is 16.3. The van der Waals surface area contributed by atoms with E-state index in [-0.39, 0.29) is 5.91 Å². The number of alkyl halides is 3. The lowest BCUT2D eigenvalue weighted by molar-refractivity contribution is -0.129. The first-order chi connectivity index (χ1) is 10.9. The average Bonchev–Trinajstić information content (AvgIpc) is 2.50. The summed E-state index contributed by atoms with van der Waals surface area (Å²) >= 11 is 8.22. The van der Waals surface area contributed by atoms with Gasteiger partial charge in [-0.15, -0.1) is 11.8 Å². The quantitative estimate of drug-likeness (QED) is 0.443. The number of amides is 1. The molecule has 1 atom stereocenters. The van der Waals surface area contributed by atoms with Gasteiger partial charge in [0.15, 0.2) is 0 Å². The first-order valence-corrected chi connectivity index (χ1v) is 9.89. The summed E-state index contributed by atoms with van der Waals surface area (Å²) in [4.78, 5) is 12.9. The number of ether oxygens (including phenoxy) is 1. The average molecular weight is 471 g/mol. The van der Waals surface area contributed by atoms with E-state index in [1.165, 1.54) is 0 Å². The van der Waals surface area contributed by atoms with Crippen LogP contribution in [0.4, 0.5) is 8.78 Å². The molecule has 1 aliphatic heterocycles. The number of halogens is 4. The highest BCUT2D eigenvalue weighted by Crippen LogP contribution is 2.35. The number of carbonyl (C=O) groups excluding carboxylic acids is 1. The van der Waals surface area contributed by atoms with Crippen LogP contribution in [-0.2, 0) is 4.79 Å². The summed E-state index contributed by atoms with van der Waals surface area (Å²) in [5.74, 6) is 0.851. The Bertz CT molecular complexity index is 613. The molecule has 2 rings (SSSR count). The lowest BCUT2D eigenvalue weighted by atomic mass is 10.0. The maximum atomic E-state index is 12.8. The SMILES string of the molecule is CSCOc1ccc(C2=CCC(Br)C(=O)N2CC(F)F)c(Br)c1. The number of nitrogens with zero attached hydrogens (tertiary/aromatic N) is 1. The lowest BCUT2D eigenvalue weighted by Crippen LogP contribution is -2.41. The van der Waals surface area contributed by atoms with Gasteiger partial charge >= 0.3 is 0 Å². The summed E-state index contributed by atoms with van der Waals surface area (Å²) in [6.07, 6.45) is 1.60. The molecule has 0 saturated heterocycles. The van der Waals surface area contributed by atoms with Gasteiger partial charge in [-0.2, -0.15) is 0 Å². The summed E-state index contributed by atoms with van der Waals surface area (Å²) in [5.41, 5.74) is 1.18. The molecule has 8 heteroatoms. The van der Waals surface area contributed by atoms with Gasteiger partial charge < -0.3 is 9.64 Å². The summed E-state index contributed by atoms with van der Waals surface area (Å²) < 4.78 is 31.9. The van der Waals surface area contributed by atoms with Gasteiger partial charge in [0, 0.05) is 15.7 Å². The van der Waals surface area contributed by atoms with Crippen molar-refractivity contribution in [3.05, 3.63) is 34.3 Å². The van der Waals surface area contributed by atoms with Crippen LogP contribution in [0.3, 0.4) is 0 Å². The van der Waals surface area contributed by atoms with Crippen molar-refractivity contribution < 1.29 is 18.3 Å². The van der Waals surface area contributed by atoms with Crippen LogP contribution in [0.1, 0.15) is 12.0 Å². The Labute approximate surface area is 154 Å². The van der Waals surface area contributed by atoms with Crippen molar-refractivity contribution in [3.63, 3.8) is 0 Å². The Hall–Kier alpha value is -0.600. The molecule has 23 heavy (non-hydrogen) atoms. The molecular weight excluding hydrogens is 456 g/mol. The van der Waals surface area contributed by atoms with Gasteiger partial charge in [0.05, 0.1) is 11.4 Å². The molecule has 0 aliphatic carbocycles. The Kier molecular flexibility index (Phi) is 6.91. The molecule has 0 radical (unpaired) electrons. The van der Waals surface area contributed by atoms with Gasteiger partial charge in [0.2, 0.25) is 5.91 Å². The van der Waals surface area contributed by atoms with E-state index in [0.717, 1.165) is 4.90 Å². The van der Waals surface area contributed by atoms with Crippen LogP contribution in [0, 0.1) is 0 Å². The largest absolute Gasteiger partial charge is 0.483 e. The Balaban J connectivity index is 2.32. The molecule has 0 bridgehead atoms.